The van der Waals surface area contributed by atoms with Crippen LogP contribution in [0.15, 0.2) is 28.8 Å². The third kappa shape index (κ3) is 3.89. The standard InChI is InChI=1S/C21H19F4N5O4S/c1-10-6-11(17-12(22)4-3-5-13(17)23)18-14(27-34-19(18)26-10)7-29-9-16-21(24,25)15(28-35(2,32)33)8-30(16)20(29)31/h3-6,15-16,28H,7-9H2,1-2H3/t15-,16-/m1/s1. The first-order chi connectivity index (χ1) is 16.4. The van der Waals surface area contributed by atoms with Gasteiger partial charge in [0.15, 0.2) is 0 Å². The molecule has 2 aliphatic rings. The third-order valence-electron chi connectivity index (χ3n) is 6.15. The molecule has 1 N–H and O–H groups in total. The summed E-state index contributed by atoms with van der Waals surface area (Å²) in [6, 6.07) is 0.798. The third-order valence-corrected chi connectivity index (χ3v) is 6.86. The number of carbonyl (C=O) groups excluding carboxylic acids is 1. The zero-order valence-corrected chi connectivity index (χ0v) is 19.2. The van der Waals surface area contributed by atoms with Crippen LogP contribution in [0, 0.1) is 18.6 Å². The Hall–Kier alpha value is -3.26. The van der Waals surface area contributed by atoms with Crippen molar-refractivity contribution in [1.29, 1.82) is 0 Å². The second-order valence-corrected chi connectivity index (χ2v) is 10.4. The van der Waals surface area contributed by atoms with Gasteiger partial charge in [0.05, 0.1) is 23.8 Å². The number of carbonyl (C=O) groups is 1. The van der Waals surface area contributed by atoms with Crippen molar-refractivity contribution in [3.63, 3.8) is 0 Å². The molecule has 0 spiro atoms. The number of hydrogen-bond donors (Lipinski definition) is 1. The molecular weight excluding hydrogens is 494 g/mol. The van der Waals surface area contributed by atoms with Crippen molar-refractivity contribution in [3.8, 4) is 11.1 Å². The predicted molar refractivity (Wildman–Crippen MR) is 115 cm³/mol. The number of urea groups is 1. The van der Waals surface area contributed by atoms with Crippen molar-refractivity contribution in [2.45, 2.75) is 31.5 Å². The Bertz CT molecular complexity index is 1440. The molecule has 2 saturated heterocycles. The van der Waals surface area contributed by atoms with Gasteiger partial charge in [-0.25, -0.2) is 40.5 Å². The Morgan fingerprint density at radius 2 is 1.91 bits per heavy atom. The van der Waals surface area contributed by atoms with E-state index in [1.165, 1.54) is 12.1 Å². The van der Waals surface area contributed by atoms with Crippen LogP contribution in [0.25, 0.3) is 22.2 Å². The van der Waals surface area contributed by atoms with Gasteiger partial charge in [-0.05, 0) is 25.1 Å². The molecule has 35 heavy (non-hydrogen) atoms. The molecule has 14 heteroatoms. The summed E-state index contributed by atoms with van der Waals surface area (Å²) >= 11 is 0. The molecule has 2 atom stereocenters. The lowest BCUT2D eigenvalue weighted by Gasteiger charge is -2.23. The number of sulfonamides is 1. The van der Waals surface area contributed by atoms with E-state index in [1.54, 1.807) is 6.92 Å². The summed E-state index contributed by atoms with van der Waals surface area (Å²) in [6.07, 6.45) is 0.766. The van der Waals surface area contributed by atoms with Crippen LogP contribution in [0.5, 0.6) is 0 Å². The highest BCUT2D eigenvalue weighted by atomic mass is 32.2. The molecule has 0 aliphatic carbocycles. The molecule has 2 aromatic heterocycles. The quantitative estimate of drug-likeness (QED) is 0.526. The van der Waals surface area contributed by atoms with E-state index in [9.17, 15) is 30.8 Å². The van der Waals surface area contributed by atoms with E-state index in [1.807, 2.05) is 4.72 Å². The topological polar surface area (TPSA) is 109 Å². The molecule has 0 bridgehead atoms. The van der Waals surface area contributed by atoms with Crippen molar-refractivity contribution in [1.82, 2.24) is 24.7 Å². The molecule has 4 heterocycles. The Labute approximate surface area is 196 Å². The molecule has 0 radical (unpaired) electrons. The van der Waals surface area contributed by atoms with E-state index in [-0.39, 0.29) is 34.5 Å². The van der Waals surface area contributed by atoms with Crippen LogP contribution in [-0.4, -0.2) is 71.7 Å². The van der Waals surface area contributed by atoms with Gasteiger partial charge in [0.1, 0.15) is 29.4 Å². The average molecular weight is 513 g/mol. The number of nitrogens with zero attached hydrogens (tertiary/aromatic N) is 4. The number of pyridine rings is 1. The summed E-state index contributed by atoms with van der Waals surface area (Å²) in [6.45, 7) is 0.398. The summed E-state index contributed by atoms with van der Waals surface area (Å²) < 4.78 is 89.0. The largest absolute Gasteiger partial charge is 0.335 e. The Morgan fingerprint density at radius 3 is 2.54 bits per heavy atom. The minimum Gasteiger partial charge on any atom is -0.335 e. The van der Waals surface area contributed by atoms with Gasteiger partial charge in [-0.1, -0.05) is 11.2 Å². The van der Waals surface area contributed by atoms with Gasteiger partial charge in [-0.15, -0.1) is 0 Å². The van der Waals surface area contributed by atoms with Crippen LogP contribution >= 0.6 is 0 Å². The number of nitrogens with one attached hydrogen (secondary N) is 1. The summed E-state index contributed by atoms with van der Waals surface area (Å²) in [5, 5.41) is 4.05. The second kappa shape index (κ2) is 7.88. The smallest absolute Gasteiger partial charge is 0.321 e. The maximum atomic E-state index is 14.9. The lowest BCUT2D eigenvalue weighted by molar-refractivity contribution is -0.0359. The van der Waals surface area contributed by atoms with E-state index >= 15 is 0 Å². The monoisotopic (exact) mass is 513 g/mol. The number of amides is 2. The summed E-state index contributed by atoms with van der Waals surface area (Å²) in [4.78, 5) is 19.1. The highest BCUT2D eigenvalue weighted by molar-refractivity contribution is 7.88. The zero-order chi connectivity index (χ0) is 25.3. The van der Waals surface area contributed by atoms with Crippen LogP contribution in [0.2, 0.25) is 0 Å². The number of aromatic nitrogens is 2. The SMILES string of the molecule is Cc1cc(-c2c(F)cccc2F)c2c(CN3C[C@H]4N(C[C@@H](NS(C)(=O)=O)C4(F)F)C3=O)noc2n1. The summed E-state index contributed by atoms with van der Waals surface area (Å²) in [7, 11) is -3.92. The van der Waals surface area contributed by atoms with Gasteiger partial charge in [-0.2, -0.15) is 0 Å². The van der Waals surface area contributed by atoms with E-state index in [0.717, 1.165) is 28.2 Å². The molecule has 2 fully saturated rings. The first kappa shape index (κ1) is 23.5. The van der Waals surface area contributed by atoms with E-state index in [0.29, 0.717) is 5.69 Å². The molecule has 1 aromatic carbocycles. The molecule has 2 aliphatic heterocycles. The molecule has 186 valence electrons. The van der Waals surface area contributed by atoms with Crippen LogP contribution < -0.4 is 4.72 Å². The fourth-order valence-corrected chi connectivity index (χ4v) is 5.42. The predicted octanol–water partition coefficient (Wildman–Crippen LogP) is 2.65. The van der Waals surface area contributed by atoms with Crippen molar-refractivity contribution < 1.29 is 35.3 Å². The highest BCUT2D eigenvalue weighted by Crippen LogP contribution is 2.40. The number of benzene rings is 1. The molecule has 0 unspecified atom stereocenters. The normalized spacial score (nSPS) is 21.8. The Balaban J connectivity index is 1.49. The van der Waals surface area contributed by atoms with Crippen molar-refractivity contribution in [2.24, 2.45) is 0 Å². The van der Waals surface area contributed by atoms with E-state index < -0.39 is 58.8 Å². The molecule has 0 saturated carbocycles. The number of fused-ring (bicyclic) bond motifs is 2. The number of alkyl halides is 2. The van der Waals surface area contributed by atoms with Crippen molar-refractivity contribution >= 4 is 27.2 Å². The number of halogens is 4. The zero-order valence-electron chi connectivity index (χ0n) is 18.4. The minimum absolute atomic E-state index is 0.0208. The van der Waals surface area contributed by atoms with Crippen molar-refractivity contribution in [3.05, 3.63) is 47.3 Å². The molecule has 9 nitrogen and oxygen atoms in total. The number of hydrogen-bond acceptors (Lipinski definition) is 6. The maximum absolute atomic E-state index is 14.9. The summed E-state index contributed by atoms with van der Waals surface area (Å²) in [5.74, 6) is -5.17. The first-order valence-corrected chi connectivity index (χ1v) is 12.4. The molecule has 3 aromatic rings. The lowest BCUT2D eigenvalue weighted by Crippen LogP contribution is -2.50. The average Bonchev–Trinajstić information content (AvgIpc) is 3.35. The summed E-state index contributed by atoms with van der Waals surface area (Å²) in [5.41, 5.74) is 0.248. The van der Waals surface area contributed by atoms with Gasteiger partial charge < -0.3 is 14.3 Å². The molecule has 2 amide bonds. The van der Waals surface area contributed by atoms with Crippen LogP contribution in [0.1, 0.15) is 11.4 Å². The maximum Gasteiger partial charge on any atom is 0.321 e. The Morgan fingerprint density at radius 1 is 1.23 bits per heavy atom. The van der Waals surface area contributed by atoms with Crippen LogP contribution in [-0.2, 0) is 16.6 Å². The Kier molecular flexibility index (Phi) is 5.29. The van der Waals surface area contributed by atoms with Gasteiger partial charge in [0.25, 0.3) is 11.6 Å². The number of aryl methyl sites for hydroxylation is 1. The van der Waals surface area contributed by atoms with E-state index in [4.69, 9.17) is 4.52 Å². The second-order valence-electron chi connectivity index (χ2n) is 8.67. The van der Waals surface area contributed by atoms with E-state index in [2.05, 4.69) is 10.1 Å². The highest BCUT2D eigenvalue weighted by Gasteiger charge is 2.62. The fraction of sp³-hybridized carbons (Fsp3) is 0.381. The number of rotatable bonds is 5. The lowest BCUT2D eigenvalue weighted by atomic mass is 10.00. The first-order valence-electron chi connectivity index (χ1n) is 10.5. The van der Waals surface area contributed by atoms with Gasteiger partial charge >= 0.3 is 6.03 Å². The van der Waals surface area contributed by atoms with Crippen LogP contribution in [0.3, 0.4) is 0 Å². The molecule has 5 rings (SSSR count). The fourth-order valence-electron chi connectivity index (χ4n) is 4.67. The van der Waals surface area contributed by atoms with Crippen molar-refractivity contribution in [2.75, 3.05) is 19.3 Å². The van der Waals surface area contributed by atoms with Crippen LogP contribution in [0.4, 0.5) is 22.4 Å². The molecular formula is C21H19F4N5O4S. The minimum atomic E-state index is -3.92. The van der Waals surface area contributed by atoms with Gasteiger partial charge in [-0.3, -0.25) is 0 Å². The van der Waals surface area contributed by atoms with Gasteiger partial charge in [0, 0.05) is 24.3 Å². The van der Waals surface area contributed by atoms with Gasteiger partial charge in [0.2, 0.25) is 10.0 Å².